The van der Waals surface area contributed by atoms with E-state index in [0.717, 1.165) is 43.1 Å². The third-order valence-electron chi connectivity index (χ3n) is 3.87. The molecule has 0 aromatic heterocycles. The summed E-state index contributed by atoms with van der Waals surface area (Å²) < 4.78 is 16.9. The van der Waals surface area contributed by atoms with E-state index in [4.69, 9.17) is 14.2 Å². The lowest BCUT2D eigenvalue weighted by molar-refractivity contribution is 0.0675. The molecular weight excluding hydrogens is 254 g/mol. The second kappa shape index (κ2) is 6.46. The Bertz CT molecular complexity index is 439. The molecule has 4 nitrogen and oxygen atoms in total. The van der Waals surface area contributed by atoms with E-state index in [0.29, 0.717) is 12.6 Å². The summed E-state index contributed by atoms with van der Waals surface area (Å²) >= 11 is 0. The highest BCUT2D eigenvalue weighted by Gasteiger charge is 2.21. The van der Waals surface area contributed by atoms with Crippen LogP contribution < -0.4 is 14.8 Å². The molecule has 4 heteroatoms. The van der Waals surface area contributed by atoms with Crippen molar-refractivity contribution in [3.8, 4) is 11.5 Å². The average molecular weight is 277 g/mol. The number of hydrogen-bond donors (Lipinski definition) is 1. The van der Waals surface area contributed by atoms with E-state index >= 15 is 0 Å². The summed E-state index contributed by atoms with van der Waals surface area (Å²) in [5, 5.41) is 3.53. The molecule has 110 valence electrons. The fraction of sp³-hybridized carbons (Fsp3) is 0.625. The number of hydrogen-bond acceptors (Lipinski definition) is 4. The van der Waals surface area contributed by atoms with Gasteiger partial charge >= 0.3 is 0 Å². The maximum atomic E-state index is 5.95. The molecule has 1 aromatic rings. The molecule has 1 atom stereocenters. The van der Waals surface area contributed by atoms with Crippen LogP contribution in [0.4, 0.5) is 0 Å². The van der Waals surface area contributed by atoms with Crippen molar-refractivity contribution in [3.63, 3.8) is 0 Å². The molecule has 3 rings (SSSR count). The van der Waals surface area contributed by atoms with Gasteiger partial charge in [-0.15, -0.1) is 0 Å². The molecule has 2 aliphatic rings. The number of methoxy groups -OCH3 is 1. The van der Waals surface area contributed by atoms with Crippen molar-refractivity contribution < 1.29 is 14.2 Å². The maximum absolute atomic E-state index is 5.95. The van der Waals surface area contributed by atoms with Crippen molar-refractivity contribution in [1.82, 2.24) is 5.32 Å². The van der Waals surface area contributed by atoms with Crippen molar-refractivity contribution >= 4 is 0 Å². The first-order valence-corrected chi connectivity index (χ1v) is 7.50. The Hall–Kier alpha value is -1.26. The average Bonchev–Trinajstić information content (AvgIpc) is 3.17. The van der Waals surface area contributed by atoms with Gasteiger partial charge in [-0.05, 0) is 43.9 Å². The lowest BCUT2D eigenvalue weighted by Crippen LogP contribution is -2.19. The highest BCUT2D eigenvalue weighted by Crippen LogP contribution is 2.27. The minimum absolute atomic E-state index is 0.251. The molecule has 0 bridgehead atoms. The predicted molar refractivity (Wildman–Crippen MR) is 77.3 cm³/mol. The molecular formula is C16H23NO3. The van der Waals surface area contributed by atoms with Crippen LogP contribution in [0.1, 0.15) is 31.2 Å². The smallest absolute Gasteiger partial charge is 0.124 e. The molecule has 20 heavy (non-hydrogen) atoms. The van der Waals surface area contributed by atoms with E-state index in [-0.39, 0.29) is 6.10 Å². The molecule has 0 amide bonds. The second-order valence-corrected chi connectivity index (χ2v) is 5.57. The Labute approximate surface area is 120 Å². The van der Waals surface area contributed by atoms with Crippen molar-refractivity contribution in [3.05, 3.63) is 23.8 Å². The molecule has 1 saturated heterocycles. The van der Waals surface area contributed by atoms with Gasteiger partial charge in [0.2, 0.25) is 0 Å². The number of ether oxygens (including phenoxy) is 3. The van der Waals surface area contributed by atoms with E-state index < -0.39 is 0 Å². The first-order chi connectivity index (χ1) is 9.85. The Morgan fingerprint density at radius 3 is 2.90 bits per heavy atom. The van der Waals surface area contributed by atoms with Crippen LogP contribution in [-0.2, 0) is 11.3 Å². The number of nitrogens with one attached hydrogen (secondary N) is 1. The van der Waals surface area contributed by atoms with Crippen molar-refractivity contribution in [2.24, 2.45) is 0 Å². The van der Waals surface area contributed by atoms with E-state index in [1.165, 1.54) is 12.8 Å². The lowest BCUT2D eigenvalue weighted by atomic mass is 10.2. The zero-order valence-corrected chi connectivity index (χ0v) is 12.1. The molecule has 1 unspecified atom stereocenters. The molecule has 1 aromatic carbocycles. The standard InChI is InChI=1S/C16H23NO3/c1-18-14-6-7-16(20-11-15-3-2-8-19-15)12(9-14)10-17-13-4-5-13/h6-7,9,13,15,17H,2-5,8,10-11H2,1H3. The van der Waals surface area contributed by atoms with Gasteiger partial charge in [-0.3, -0.25) is 0 Å². The molecule has 1 aliphatic heterocycles. The normalized spacial score (nSPS) is 21.9. The van der Waals surface area contributed by atoms with Gasteiger partial charge in [0, 0.05) is 24.8 Å². The zero-order valence-electron chi connectivity index (χ0n) is 12.1. The largest absolute Gasteiger partial charge is 0.497 e. The van der Waals surface area contributed by atoms with Crippen LogP contribution in [-0.4, -0.2) is 32.5 Å². The van der Waals surface area contributed by atoms with Gasteiger partial charge in [-0.1, -0.05) is 0 Å². The van der Waals surface area contributed by atoms with Gasteiger partial charge in [0.25, 0.3) is 0 Å². The third-order valence-corrected chi connectivity index (χ3v) is 3.87. The summed E-state index contributed by atoms with van der Waals surface area (Å²) in [5.41, 5.74) is 1.16. The summed E-state index contributed by atoms with van der Waals surface area (Å²) in [6.45, 7) is 2.35. The first kappa shape index (κ1) is 13.7. The molecule has 1 aliphatic carbocycles. The minimum atomic E-state index is 0.251. The van der Waals surface area contributed by atoms with Crippen molar-refractivity contribution in [1.29, 1.82) is 0 Å². The number of rotatable bonds is 7. The maximum Gasteiger partial charge on any atom is 0.124 e. The van der Waals surface area contributed by atoms with Gasteiger partial charge in [-0.25, -0.2) is 0 Å². The van der Waals surface area contributed by atoms with E-state index in [2.05, 4.69) is 11.4 Å². The second-order valence-electron chi connectivity index (χ2n) is 5.57. The molecule has 0 radical (unpaired) electrons. The molecule has 0 spiro atoms. The summed E-state index contributed by atoms with van der Waals surface area (Å²) in [7, 11) is 1.69. The van der Waals surface area contributed by atoms with E-state index in [1.807, 2.05) is 12.1 Å². The highest BCUT2D eigenvalue weighted by atomic mass is 16.5. The Kier molecular flexibility index (Phi) is 4.43. The monoisotopic (exact) mass is 277 g/mol. The molecule has 1 N–H and O–H groups in total. The molecule has 2 fully saturated rings. The SMILES string of the molecule is COc1ccc(OCC2CCCO2)c(CNC2CC2)c1. The van der Waals surface area contributed by atoms with E-state index in [1.54, 1.807) is 7.11 Å². The summed E-state index contributed by atoms with van der Waals surface area (Å²) in [6.07, 6.45) is 5.08. The van der Waals surface area contributed by atoms with Crippen LogP contribution in [0.3, 0.4) is 0 Å². The summed E-state index contributed by atoms with van der Waals surface area (Å²) in [4.78, 5) is 0. The van der Waals surface area contributed by atoms with Crippen LogP contribution in [0.15, 0.2) is 18.2 Å². The van der Waals surface area contributed by atoms with E-state index in [9.17, 15) is 0 Å². The zero-order chi connectivity index (χ0) is 13.8. The van der Waals surface area contributed by atoms with Crippen LogP contribution in [0.5, 0.6) is 11.5 Å². The van der Waals surface area contributed by atoms with Crippen LogP contribution in [0, 0.1) is 0 Å². The predicted octanol–water partition coefficient (Wildman–Crippen LogP) is 2.51. The van der Waals surface area contributed by atoms with Gasteiger partial charge in [0.15, 0.2) is 0 Å². The molecule has 1 heterocycles. The Morgan fingerprint density at radius 1 is 1.30 bits per heavy atom. The van der Waals surface area contributed by atoms with Crippen molar-refractivity contribution in [2.75, 3.05) is 20.3 Å². The van der Waals surface area contributed by atoms with Crippen LogP contribution in [0.2, 0.25) is 0 Å². The van der Waals surface area contributed by atoms with Crippen LogP contribution >= 0.6 is 0 Å². The topological polar surface area (TPSA) is 39.7 Å². The quantitative estimate of drug-likeness (QED) is 0.831. The third kappa shape index (κ3) is 3.64. The van der Waals surface area contributed by atoms with Gasteiger partial charge < -0.3 is 19.5 Å². The van der Waals surface area contributed by atoms with Gasteiger partial charge in [0.1, 0.15) is 18.1 Å². The fourth-order valence-electron chi connectivity index (χ4n) is 2.46. The first-order valence-electron chi connectivity index (χ1n) is 7.50. The number of benzene rings is 1. The lowest BCUT2D eigenvalue weighted by Gasteiger charge is -2.16. The minimum Gasteiger partial charge on any atom is -0.497 e. The highest BCUT2D eigenvalue weighted by molar-refractivity contribution is 5.40. The van der Waals surface area contributed by atoms with Crippen LogP contribution in [0.25, 0.3) is 0 Å². The van der Waals surface area contributed by atoms with Crippen molar-refractivity contribution in [2.45, 2.75) is 44.4 Å². The summed E-state index contributed by atoms with van der Waals surface area (Å²) in [6, 6.07) is 6.69. The molecule has 1 saturated carbocycles. The summed E-state index contributed by atoms with van der Waals surface area (Å²) in [5.74, 6) is 1.82. The Morgan fingerprint density at radius 2 is 2.20 bits per heavy atom. The Balaban J connectivity index is 1.62. The van der Waals surface area contributed by atoms with Gasteiger partial charge in [-0.2, -0.15) is 0 Å². The fourth-order valence-corrected chi connectivity index (χ4v) is 2.46. The van der Waals surface area contributed by atoms with Gasteiger partial charge in [0.05, 0.1) is 13.2 Å².